The number of carbonyl (C=O) groups excluding carboxylic acids is 2. The van der Waals surface area contributed by atoms with Crippen LogP contribution in [0.2, 0.25) is 5.02 Å². The lowest BCUT2D eigenvalue weighted by atomic mass is 9.83. The van der Waals surface area contributed by atoms with Crippen LogP contribution in [0.25, 0.3) is 22.2 Å². The number of aromatic amines is 1. The van der Waals surface area contributed by atoms with Gasteiger partial charge in [-0.2, -0.15) is 0 Å². The SMILES string of the molecule is CN(C)C/C=C/C(=O)Cc1ccc(C(=O)N[C@H]2CCC[C@H](Cc3ncc(Cl)c(-c4c[nH]c5ccccc45)n3)C2)cc1. The normalized spacial score (nSPS) is 17.4. The van der Waals surface area contributed by atoms with Gasteiger partial charge in [0.25, 0.3) is 5.91 Å². The third-order valence-corrected chi connectivity index (χ3v) is 7.87. The number of benzene rings is 2. The van der Waals surface area contributed by atoms with Crippen LogP contribution in [0.15, 0.2) is 73.1 Å². The van der Waals surface area contributed by atoms with E-state index >= 15 is 0 Å². The number of ketones is 1. The van der Waals surface area contributed by atoms with Gasteiger partial charge in [0, 0.05) is 59.9 Å². The van der Waals surface area contributed by atoms with Gasteiger partial charge in [-0.1, -0.05) is 54.4 Å². The van der Waals surface area contributed by atoms with Crippen molar-refractivity contribution < 1.29 is 9.59 Å². The molecule has 41 heavy (non-hydrogen) atoms. The number of amides is 1. The summed E-state index contributed by atoms with van der Waals surface area (Å²) in [7, 11) is 3.92. The zero-order valence-corrected chi connectivity index (χ0v) is 24.3. The minimum Gasteiger partial charge on any atom is -0.360 e. The molecule has 1 fully saturated rings. The molecule has 0 spiro atoms. The first kappa shape index (κ1) is 28.7. The van der Waals surface area contributed by atoms with Gasteiger partial charge in [0.1, 0.15) is 5.82 Å². The van der Waals surface area contributed by atoms with Crippen LogP contribution in [-0.4, -0.2) is 58.2 Å². The summed E-state index contributed by atoms with van der Waals surface area (Å²) in [5, 5.41) is 4.84. The van der Waals surface area contributed by atoms with Crippen LogP contribution in [0.3, 0.4) is 0 Å². The topological polar surface area (TPSA) is 91.0 Å². The Morgan fingerprint density at radius 1 is 1.12 bits per heavy atom. The number of para-hydroxylation sites is 1. The van der Waals surface area contributed by atoms with E-state index in [4.69, 9.17) is 16.6 Å². The van der Waals surface area contributed by atoms with E-state index in [9.17, 15) is 9.59 Å². The number of H-pyrrole nitrogens is 1. The van der Waals surface area contributed by atoms with Gasteiger partial charge < -0.3 is 15.2 Å². The Morgan fingerprint density at radius 3 is 2.73 bits per heavy atom. The van der Waals surface area contributed by atoms with Gasteiger partial charge in [-0.25, -0.2) is 9.97 Å². The summed E-state index contributed by atoms with van der Waals surface area (Å²) in [6.07, 6.45) is 12.1. The van der Waals surface area contributed by atoms with Crippen LogP contribution >= 0.6 is 11.6 Å². The van der Waals surface area contributed by atoms with Crippen LogP contribution in [0.4, 0.5) is 0 Å². The highest BCUT2D eigenvalue weighted by atomic mass is 35.5. The molecule has 1 saturated carbocycles. The molecule has 2 heterocycles. The molecular formula is C33H36ClN5O2. The van der Waals surface area contributed by atoms with Gasteiger partial charge in [0.05, 0.1) is 10.7 Å². The molecule has 212 valence electrons. The molecule has 2 atom stereocenters. The summed E-state index contributed by atoms with van der Waals surface area (Å²) in [5.74, 6) is 1.12. The van der Waals surface area contributed by atoms with E-state index in [2.05, 4.69) is 21.4 Å². The molecule has 0 saturated heterocycles. The van der Waals surface area contributed by atoms with Crippen molar-refractivity contribution in [1.29, 1.82) is 0 Å². The number of fused-ring (bicyclic) bond motifs is 1. The Hall–Kier alpha value is -3.81. The van der Waals surface area contributed by atoms with Gasteiger partial charge in [0.15, 0.2) is 5.78 Å². The number of hydrogen-bond donors (Lipinski definition) is 2. The van der Waals surface area contributed by atoms with Crippen molar-refractivity contribution >= 4 is 34.2 Å². The molecule has 8 heteroatoms. The number of halogens is 1. The predicted octanol–water partition coefficient (Wildman–Crippen LogP) is 6.04. The summed E-state index contributed by atoms with van der Waals surface area (Å²) < 4.78 is 0. The lowest BCUT2D eigenvalue weighted by Crippen LogP contribution is -2.38. The molecule has 2 aromatic heterocycles. The Bertz CT molecular complexity index is 1540. The first-order chi connectivity index (χ1) is 19.9. The molecule has 0 radical (unpaired) electrons. The number of carbonyl (C=O) groups is 2. The van der Waals surface area contributed by atoms with Gasteiger partial charge >= 0.3 is 0 Å². The van der Waals surface area contributed by atoms with Gasteiger partial charge in [0.2, 0.25) is 0 Å². The Labute approximate surface area is 246 Å². The molecule has 7 nitrogen and oxygen atoms in total. The third kappa shape index (κ3) is 7.48. The Kier molecular flexibility index (Phi) is 9.27. The van der Waals surface area contributed by atoms with Crippen molar-refractivity contribution in [2.75, 3.05) is 20.6 Å². The van der Waals surface area contributed by atoms with Crippen LogP contribution in [-0.2, 0) is 17.6 Å². The van der Waals surface area contributed by atoms with E-state index in [0.29, 0.717) is 22.9 Å². The molecule has 1 amide bonds. The Morgan fingerprint density at radius 2 is 1.93 bits per heavy atom. The molecule has 2 aromatic carbocycles. The molecule has 0 unspecified atom stereocenters. The van der Waals surface area contributed by atoms with Crippen molar-refractivity contribution in [3.8, 4) is 11.3 Å². The van der Waals surface area contributed by atoms with Crippen LogP contribution in [0.5, 0.6) is 0 Å². The molecule has 1 aliphatic rings. The van der Waals surface area contributed by atoms with Crippen molar-refractivity contribution in [1.82, 2.24) is 25.2 Å². The zero-order chi connectivity index (χ0) is 28.8. The highest BCUT2D eigenvalue weighted by Crippen LogP contribution is 2.33. The number of allylic oxidation sites excluding steroid dienone is 1. The van der Waals surface area contributed by atoms with Gasteiger partial charge in [-0.3, -0.25) is 9.59 Å². The summed E-state index contributed by atoms with van der Waals surface area (Å²) >= 11 is 6.53. The van der Waals surface area contributed by atoms with E-state index in [0.717, 1.165) is 72.2 Å². The lowest BCUT2D eigenvalue weighted by molar-refractivity contribution is -0.114. The number of rotatable bonds is 10. The summed E-state index contributed by atoms with van der Waals surface area (Å²) in [4.78, 5) is 39.9. The van der Waals surface area contributed by atoms with E-state index < -0.39 is 0 Å². The average Bonchev–Trinajstić information content (AvgIpc) is 3.38. The fraction of sp³-hybridized carbons (Fsp3) is 0.333. The van der Waals surface area contributed by atoms with Crippen molar-refractivity contribution in [3.63, 3.8) is 0 Å². The van der Waals surface area contributed by atoms with Gasteiger partial charge in [-0.15, -0.1) is 0 Å². The summed E-state index contributed by atoms with van der Waals surface area (Å²) in [6, 6.07) is 15.5. The minimum absolute atomic E-state index is 0.0514. The first-order valence-electron chi connectivity index (χ1n) is 14.2. The van der Waals surface area contributed by atoms with Crippen LogP contribution < -0.4 is 5.32 Å². The predicted molar refractivity (Wildman–Crippen MR) is 164 cm³/mol. The van der Waals surface area contributed by atoms with E-state index in [1.807, 2.05) is 61.6 Å². The van der Waals surface area contributed by atoms with Crippen LogP contribution in [0, 0.1) is 5.92 Å². The fourth-order valence-corrected chi connectivity index (χ4v) is 5.71. The van der Waals surface area contributed by atoms with Crippen molar-refractivity contribution in [2.45, 2.75) is 44.6 Å². The standard InChI is InChI=1S/C33H36ClN5O2/c1-39(2)16-6-9-26(40)18-22-12-14-24(15-13-22)33(41)37-25-8-5-7-23(17-25)19-31-36-21-29(34)32(38-31)28-20-35-30-11-4-3-10-27(28)30/h3-4,6,9-15,20-21,23,25,35H,5,7-8,16-19H2,1-2H3,(H,37,41)/b9-6+/t23-,25-/m0/s1. The number of nitrogens with one attached hydrogen (secondary N) is 2. The first-order valence-corrected chi connectivity index (χ1v) is 14.6. The molecule has 0 aliphatic heterocycles. The number of nitrogens with zero attached hydrogens (tertiary/aromatic N) is 3. The highest BCUT2D eigenvalue weighted by molar-refractivity contribution is 6.33. The third-order valence-electron chi connectivity index (χ3n) is 7.60. The quantitative estimate of drug-likeness (QED) is 0.227. The number of likely N-dealkylation sites (N-methyl/N-ethyl adjacent to an activating group) is 1. The number of aromatic nitrogens is 3. The van der Waals surface area contributed by atoms with E-state index in [1.54, 1.807) is 24.4 Å². The summed E-state index contributed by atoms with van der Waals surface area (Å²) in [5.41, 5.74) is 4.26. The zero-order valence-electron chi connectivity index (χ0n) is 23.6. The Balaban J connectivity index is 1.17. The van der Waals surface area contributed by atoms with Crippen molar-refractivity contribution in [2.24, 2.45) is 5.92 Å². The number of hydrogen-bond acceptors (Lipinski definition) is 5. The minimum atomic E-state index is -0.0798. The van der Waals surface area contributed by atoms with E-state index in [1.165, 1.54) is 0 Å². The molecule has 5 rings (SSSR count). The monoisotopic (exact) mass is 569 g/mol. The summed E-state index contributed by atoms with van der Waals surface area (Å²) in [6.45, 7) is 0.728. The molecule has 2 N–H and O–H groups in total. The maximum Gasteiger partial charge on any atom is 0.251 e. The van der Waals surface area contributed by atoms with Crippen LogP contribution in [0.1, 0.15) is 47.4 Å². The smallest absolute Gasteiger partial charge is 0.251 e. The molecular weight excluding hydrogens is 534 g/mol. The maximum absolute atomic E-state index is 13.0. The van der Waals surface area contributed by atoms with Gasteiger partial charge in [-0.05, 0) is 69.1 Å². The molecule has 4 aromatic rings. The highest BCUT2D eigenvalue weighted by Gasteiger charge is 2.25. The maximum atomic E-state index is 13.0. The van der Waals surface area contributed by atoms with E-state index in [-0.39, 0.29) is 17.7 Å². The van der Waals surface area contributed by atoms with Crippen molar-refractivity contribution in [3.05, 3.63) is 95.1 Å². The second-order valence-corrected chi connectivity index (χ2v) is 11.5. The molecule has 1 aliphatic carbocycles. The molecule has 0 bridgehead atoms. The average molecular weight is 570 g/mol. The fourth-order valence-electron chi connectivity index (χ4n) is 5.52. The second kappa shape index (κ2) is 13.2. The second-order valence-electron chi connectivity index (χ2n) is 11.1. The largest absolute Gasteiger partial charge is 0.360 e. The lowest BCUT2D eigenvalue weighted by Gasteiger charge is -2.29.